The molecule has 26 heavy (non-hydrogen) atoms. The third-order valence-corrected chi connectivity index (χ3v) is 4.30. The highest BCUT2D eigenvalue weighted by Gasteiger charge is 2.18. The van der Waals surface area contributed by atoms with Crippen LogP contribution >= 0.6 is 0 Å². The standard InChI is InChI=1S/C22H20N2O2/c1-15(19-10-9-18-5-3-4-6-20(18)13-19)24-22(25)16(2)26-21-11-7-17(14-23)8-12-21/h3-13,15-16H,1-2H3,(H,24,25)/t15-,16-/m1/s1. The summed E-state index contributed by atoms with van der Waals surface area (Å²) in [7, 11) is 0. The largest absolute Gasteiger partial charge is 0.481 e. The summed E-state index contributed by atoms with van der Waals surface area (Å²) in [6.45, 7) is 3.66. The molecule has 0 aliphatic carbocycles. The second kappa shape index (κ2) is 7.71. The average molecular weight is 344 g/mol. The van der Waals surface area contributed by atoms with Crippen LogP contribution in [0.25, 0.3) is 10.8 Å². The van der Waals surface area contributed by atoms with Gasteiger partial charge in [0.15, 0.2) is 6.10 Å². The molecule has 3 rings (SSSR count). The molecule has 4 nitrogen and oxygen atoms in total. The summed E-state index contributed by atoms with van der Waals surface area (Å²) in [6.07, 6.45) is -0.633. The SMILES string of the molecule is C[C@@H](Oc1ccc(C#N)cc1)C(=O)N[C@H](C)c1ccc2ccccc2c1. The van der Waals surface area contributed by atoms with Crippen LogP contribution in [-0.4, -0.2) is 12.0 Å². The Hall–Kier alpha value is -3.32. The van der Waals surface area contributed by atoms with E-state index in [1.54, 1.807) is 31.2 Å². The maximum atomic E-state index is 12.4. The minimum Gasteiger partial charge on any atom is -0.481 e. The molecular weight excluding hydrogens is 324 g/mol. The zero-order valence-corrected chi connectivity index (χ0v) is 14.8. The Labute approximate surface area is 153 Å². The van der Waals surface area contributed by atoms with Gasteiger partial charge in [0.2, 0.25) is 0 Å². The number of hydrogen-bond acceptors (Lipinski definition) is 3. The minimum atomic E-state index is -0.633. The van der Waals surface area contributed by atoms with Crippen molar-refractivity contribution in [2.75, 3.05) is 0 Å². The van der Waals surface area contributed by atoms with Gasteiger partial charge in [0.25, 0.3) is 5.91 Å². The van der Waals surface area contributed by atoms with Gasteiger partial charge in [-0.25, -0.2) is 0 Å². The van der Waals surface area contributed by atoms with Gasteiger partial charge in [0.1, 0.15) is 5.75 Å². The Morgan fingerprint density at radius 3 is 2.38 bits per heavy atom. The molecule has 0 spiro atoms. The van der Waals surface area contributed by atoms with Crippen LogP contribution in [0.15, 0.2) is 66.7 Å². The molecule has 130 valence electrons. The molecule has 1 N–H and O–H groups in total. The first-order valence-corrected chi connectivity index (χ1v) is 8.53. The van der Waals surface area contributed by atoms with Crippen molar-refractivity contribution in [3.8, 4) is 11.8 Å². The second-order valence-corrected chi connectivity index (χ2v) is 6.23. The van der Waals surface area contributed by atoms with Crippen molar-refractivity contribution >= 4 is 16.7 Å². The Bertz CT molecular complexity index is 958. The summed E-state index contributed by atoms with van der Waals surface area (Å²) in [5.41, 5.74) is 1.60. The lowest BCUT2D eigenvalue weighted by molar-refractivity contribution is -0.127. The number of nitrogens with zero attached hydrogens (tertiary/aromatic N) is 1. The van der Waals surface area contributed by atoms with Crippen LogP contribution in [0.2, 0.25) is 0 Å². The third-order valence-electron chi connectivity index (χ3n) is 4.30. The Morgan fingerprint density at radius 1 is 1.00 bits per heavy atom. The second-order valence-electron chi connectivity index (χ2n) is 6.23. The summed E-state index contributed by atoms with van der Waals surface area (Å²) in [5, 5.41) is 14.1. The monoisotopic (exact) mass is 344 g/mol. The lowest BCUT2D eigenvalue weighted by Crippen LogP contribution is -2.37. The van der Waals surface area contributed by atoms with Gasteiger partial charge < -0.3 is 10.1 Å². The molecule has 4 heteroatoms. The molecule has 0 aliphatic rings. The average Bonchev–Trinajstić information content (AvgIpc) is 2.68. The van der Waals surface area contributed by atoms with E-state index in [4.69, 9.17) is 10.00 Å². The lowest BCUT2D eigenvalue weighted by atomic mass is 10.0. The van der Waals surface area contributed by atoms with E-state index in [2.05, 4.69) is 35.7 Å². The van der Waals surface area contributed by atoms with Crippen molar-refractivity contribution < 1.29 is 9.53 Å². The van der Waals surface area contributed by atoms with E-state index in [1.807, 2.05) is 25.1 Å². The van der Waals surface area contributed by atoms with E-state index in [-0.39, 0.29) is 11.9 Å². The number of carbonyl (C=O) groups excluding carboxylic acids is 1. The van der Waals surface area contributed by atoms with Gasteiger partial charge >= 0.3 is 0 Å². The van der Waals surface area contributed by atoms with Gasteiger partial charge in [0, 0.05) is 0 Å². The molecule has 0 radical (unpaired) electrons. The molecule has 3 aromatic carbocycles. The van der Waals surface area contributed by atoms with E-state index >= 15 is 0 Å². The van der Waals surface area contributed by atoms with Crippen LogP contribution in [0, 0.1) is 11.3 Å². The number of fused-ring (bicyclic) bond motifs is 1. The van der Waals surface area contributed by atoms with Crippen LogP contribution in [-0.2, 0) is 4.79 Å². The fourth-order valence-corrected chi connectivity index (χ4v) is 2.76. The van der Waals surface area contributed by atoms with E-state index in [1.165, 1.54) is 5.39 Å². The van der Waals surface area contributed by atoms with Gasteiger partial charge in [-0.1, -0.05) is 36.4 Å². The van der Waals surface area contributed by atoms with E-state index in [0.717, 1.165) is 10.9 Å². The molecule has 3 aromatic rings. The van der Waals surface area contributed by atoms with Crippen molar-refractivity contribution in [2.24, 2.45) is 0 Å². The highest BCUT2D eigenvalue weighted by Crippen LogP contribution is 2.20. The predicted octanol–water partition coefficient (Wildman–Crippen LogP) is 4.36. The van der Waals surface area contributed by atoms with Crippen LogP contribution in [0.3, 0.4) is 0 Å². The lowest BCUT2D eigenvalue weighted by Gasteiger charge is -2.19. The topological polar surface area (TPSA) is 62.1 Å². The van der Waals surface area contributed by atoms with Gasteiger partial charge in [0.05, 0.1) is 17.7 Å². The van der Waals surface area contributed by atoms with E-state index in [9.17, 15) is 4.79 Å². The summed E-state index contributed by atoms with van der Waals surface area (Å²) in [6, 6.07) is 22.9. The van der Waals surface area contributed by atoms with Gasteiger partial charge in [-0.2, -0.15) is 5.26 Å². The normalized spacial score (nSPS) is 12.8. The first-order valence-electron chi connectivity index (χ1n) is 8.53. The highest BCUT2D eigenvalue weighted by atomic mass is 16.5. The molecule has 1 amide bonds. The summed E-state index contributed by atoms with van der Waals surface area (Å²) >= 11 is 0. The van der Waals surface area contributed by atoms with Crippen molar-refractivity contribution in [3.05, 3.63) is 77.9 Å². The van der Waals surface area contributed by atoms with Crippen LogP contribution in [0.5, 0.6) is 5.75 Å². The zero-order chi connectivity index (χ0) is 18.5. The highest BCUT2D eigenvalue weighted by molar-refractivity contribution is 5.84. The predicted molar refractivity (Wildman–Crippen MR) is 102 cm³/mol. The first kappa shape index (κ1) is 17.5. The molecule has 0 saturated carbocycles. The number of nitrogens with one attached hydrogen (secondary N) is 1. The van der Waals surface area contributed by atoms with Crippen molar-refractivity contribution in [2.45, 2.75) is 26.0 Å². The molecule has 0 aliphatic heterocycles. The number of nitriles is 1. The summed E-state index contributed by atoms with van der Waals surface area (Å²) in [4.78, 5) is 12.4. The molecule has 0 heterocycles. The van der Waals surface area contributed by atoms with Gasteiger partial charge in [-0.05, 0) is 60.5 Å². The maximum absolute atomic E-state index is 12.4. The van der Waals surface area contributed by atoms with Crippen LogP contribution in [0.1, 0.15) is 31.0 Å². The fourth-order valence-electron chi connectivity index (χ4n) is 2.76. The van der Waals surface area contributed by atoms with Gasteiger partial charge in [-0.15, -0.1) is 0 Å². The number of amides is 1. The molecule has 0 aromatic heterocycles. The number of ether oxygens (including phenoxy) is 1. The van der Waals surface area contributed by atoms with E-state index in [0.29, 0.717) is 11.3 Å². The summed E-state index contributed by atoms with van der Waals surface area (Å²) < 4.78 is 5.66. The molecule has 2 atom stereocenters. The molecule has 0 saturated heterocycles. The number of carbonyl (C=O) groups is 1. The number of rotatable bonds is 5. The quantitative estimate of drug-likeness (QED) is 0.748. The van der Waals surface area contributed by atoms with Crippen molar-refractivity contribution in [3.63, 3.8) is 0 Å². The number of benzene rings is 3. The third kappa shape index (κ3) is 4.01. The number of hydrogen-bond donors (Lipinski definition) is 1. The first-order chi connectivity index (χ1) is 12.6. The minimum absolute atomic E-state index is 0.126. The molecule has 0 fully saturated rings. The van der Waals surface area contributed by atoms with Crippen molar-refractivity contribution in [1.82, 2.24) is 5.32 Å². The van der Waals surface area contributed by atoms with Crippen LogP contribution in [0.4, 0.5) is 0 Å². The van der Waals surface area contributed by atoms with Gasteiger partial charge in [-0.3, -0.25) is 4.79 Å². The Kier molecular flexibility index (Phi) is 5.19. The van der Waals surface area contributed by atoms with Crippen LogP contribution < -0.4 is 10.1 Å². The Morgan fingerprint density at radius 2 is 1.69 bits per heavy atom. The molecule has 0 unspecified atom stereocenters. The smallest absolute Gasteiger partial charge is 0.261 e. The molecular formula is C22H20N2O2. The van der Waals surface area contributed by atoms with Crippen molar-refractivity contribution in [1.29, 1.82) is 5.26 Å². The zero-order valence-electron chi connectivity index (χ0n) is 14.8. The summed E-state index contributed by atoms with van der Waals surface area (Å²) in [5.74, 6) is 0.375. The Balaban J connectivity index is 1.64. The fraction of sp³-hybridized carbons (Fsp3) is 0.182. The maximum Gasteiger partial charge on any atom is 0.261 e. The van der Waals surface area contributed by atoms with E-state index < -0.39 is 6.10 Å². The molecule has 0 bridgehead atoms.